The molecular formula is C14H17NO2. The lowest BCUT2D eigenvalue weighted by atomic mass is 10.1. The van der Waals surface area contributed by atoms with Crippen LogP contribution in [-0.2, 0) is 4.79 Å². The maximum Gasteiger partial charge on any atom is 0.324 e. The Morgan fingerprint density at radius 1 is 1.24 bits per heavy atom. The van der Waals surface area contributed by atoms with Crippen LogP contribution in [0.15, 0.2) is 36.4 Å². The van der Waals surface area contributed by atoms with E-state index in [1.807, 2.05) is 41.3 Å². The Morgan fingerprint density at radius 2 is 1.88 bits per heavy atom. The molecule has 1 aromatic rings. The molecule has 17 heavy (non-hydrogen) atoms. The molecule has 1 aliphatic rings. The van der Waals surface area contributed by atoms with Crippen LogP contribution in [0.4, 0.5) is 0 Å². The lowest BCUT2D eigenvalue weighted by Gasteiger charge is -2.20. The molecule has 0 aliphatic carbocycles. The van der Waals surface area contributed by atoms with E-state index in [0.717, 1.165) is 31.5 Å². The van der Waals surface area contributed by atoms with Crippen molar-refractivity contribution in [1.82, 2.24) is 4.90 Å². The molecule has 1 heterocycles. The normalized spacial score (nSPS) is 18.6. The van der Waals surface area contributed by atoms with Crippen molar-refractivity contribution < 1.29 is 9.90 Å². The van der Waals surface area contributed by atoms with Gasteiger partial charge in [-0.05, 0) is 31.5 Å². The van der Waals surface area contributed by atoms with Crippen molar-refractivity contribution in [3.05, 3.63) is 42.0 Å². The number of benzene rings is 1. The van der Waals surface area contributed by atoms with Crippen molar-refractivity contribution in [2.45, 2.75) is 18.9 Å². The molecule has 1 aromatic carbocycles. The van der Waals surface area contributed by atoms with E-state index in [2.05, 4.69) is 0 Å². The molecular weight excluding hydrogens is 214 g/mol. The van der Waals surface area contributed by atoms with Gasteiger partial charge in [-0.15, -0.1) is 0 Å². The van der Waals surface area contributed by atoms with Crippen LogP contribution in [0.1, 0.15) is 18.4 Å². The van der Waals surface area contributed by atoms with Gasteiger partial charge in [0.05, 0.1) is 0 Å². The van der Waals surface area contributed by atoms with Gasteiger partial charge in [0.15, 0.2) is 0 Å². The molecule has 1 unspecified atom stereocenters. The largest absolute Gasteiger partial charge is 0.480 e. The maximum absolute atomic E-state index is 11.2. The van der Waals surface area contributed by atoms with Gasteiger partial charge in [0.1, 0.15) is 6.04 Å². The average molecular weight is 231 g/mol. The summed E-state index contributed by atoms with van der Waals surface area (Å²) in [5.74, 6) is -0.765. The Bertz CT molecular complexity index is 394. The van der Waals surface area contributed by atoms with Gasteiger partial charge < -0.3 is 5.11 Å². The van der Waals surface area contributed by atoms with Crippen LogP contribution in [0.3, 0.4) is 0 Å². The number of carboxylic acids is 1. The third kappa shape index (κ3) is 3.17. The lowest BCUT2D eigenvalue weighted by Crippen LogP contribution is -2.37. The van der Waals surface area contributed by atoms with Crippen molar-refractivity contribution in [3.8, 4) is 0 Å². The number of aliphatic carboxylic acids is 1. The van der Waals surface area contributed by atoms with Gasteiger partial charge in [-0.2, -0.15) is 0 Å². The number of nitrogens with zero attached hydrogens (tertiary/aromatic N) is 1. The Hall–Kier alpha value is -1.61. The SMILES string of the molecule is O=C(O)C(/C=C/c1ccccc1)N1CCCC1. The van der Waals surface area contributed by atoms with E-state index in [-0.39, 0.29) is 0 Å². The van der Waals surface area contributed by atoms with Crippen molar-refractivity contribution in [2.24, 2.45) is 0 Å². The molecule has 1 aliphatic heterocycles. The highest BCUT2D eigenvalue weighted by Crippen LogP contribution is 2.14. The molecule has 1 saturated heterocycles. The van der Waals surface area contributed by atoms with Crippen molar-refractivity contribution >= 4 is 12.0 Å². The molecule has 3 nitrogen and oxygen atoms in total. The number of hydrogen-bond donors (Lipinski definition) is 1. The fraction of sp³-hybridized carbons (Fsp3) is 0.357. The smallest absolute Gasteiger partial charge is 0.324 e. The van der Waals surface area contributed by atoms with E-state index < -0.39 is 12.0 Å². The highest BCUT2D eigenvalue weighted by Gasteiger charge is 2.25. The molecule has 0 saturated carbocycles. The third-order valence-electron chi connectivity index (χ3n) is 3.06. The predicted octanol–water partition coefficient (Wildman–Crippen LogP) is 2.25. The highest BCUT2D eigenvalue weighted by atomic mass is 16.4. The lowest BCUT2D eigenvalue weighted by molar-refractivity contribution is -0.141. The Labute approximate surface area is 101 Å². The maximum atomic E-state index is 11.2. The van der Waals surface area contributed by atoms with E-state index in [4.69, 9.17) is 0 Å². The van der Waals surface area contributed by atoms with E-state index in [9.17, 15) is 9.90 Å². The zero-order valence-corrected chi connectivity index (χ0v) is 9.75. The molecule has 0 radical (unpaired) electrons. The number of carbonyl (C=O) groups is 1. The second-order valence-electron chi connectivity index (χ2n) is 4.30. The van der Waals surface area contributed by atoms with Gasteiger partial charge in [0.25, 0.3) is 0 Å². The minimum Gasteiger partial charge on any atom is -0.480 e. The van der Waals surface area contributed by atoms with Crippen LogP contribution in [0.25, 0.3) is 6.08 Å². The zero-order chi connectivity index (χ0) is 12.1. The molecule has 1 fully saturated rings. The first-order valence-corrected chi connectivity index (χ1v) is 5.97. The topological polar surface area (TPSA) is 40.5 Å². The molecule has 0 bridgehead atoms. The molecule has 1 atom stereocenters. The summed E-state index contributed by atoms with van der Waals surface area (Å²) in [6.45, 7) is 1.77. The first-order chi connectivity index (χ1) is 8.27. The van der Waals surface area contributed by atoms with Crippen molar-refractivity contribution in [2.75, 3.05) is 13.1 Å². The van der Waals surface area contributed by atoms with Crippen LogP contribution in [0.5, 0.6) is 0 Å². The van der Waals surface area contributed by atoms with Gasteiger partial charge >= 0.3 is 5.97 Å². The van der Waals surface area contributed by atoms with Crippen LogP contribution >= 0.6 is 0 Å². The standard InChI is InChI=1S/C14H17NO2/c16-14(17)13(15-10-4-5-11-15)9-8-12-6-2-1-3-7-12/h1-3,6-9,13H,4-5,10-11H2,(H,16,17)/b9-8+. The summed E-state index contributed by atoms with van der Waals surface area (Å²) in [7, 11) is 0. The summed E-state index contributed by atoms with van der Waals surface area (Å²) in [6, 6.07) is 9.31. The third-order valence-corrected chi connectivity index (χ3v) is 3.06. The quantitative estimate of drug-likeness (QED) is 0.864. The number of hydrogen-bond acceptors (Lipinski definition) is 2. The molecule has 0 aromatic heterocycles. The zero-order valence-electron chi connectivity index (χ0n) is 9.75. The molecule has 0 amide bonds. The first-order valence-electron chi connectivity index (χ1n) is 5.97. The van der Waals surface area contributed by atoms with Gasteiger partial charge in [-0.25, -0.2) is 0 Å². The second-order valence-corrected chi connectivity index (χ2v) is 4.30. The van der Waals surface area contributed by atoms with Gasteiger partial charge in [-0.1, -0.05) is 42.5 Å². The number of likely N-dealkylation sites (tertiary alicyclic amines) is 1. The van der Waals surface area contributed by atoms with Crippen LogP contribution in [0, 0.1) is 0 Å². The van der Waals surface area contributed by atoms with Gasteiger partial charge in [-0.3, -0.25) is 9.69 Å². The van der Waals surface area contributed by atoms with Crippen LogP contribution in [-0.4, -0.2) is 35.1 Å². The summed E-state index contributed by atoms with van der Waals surface area (Å²) in [5, 5.41) is 9.22. The predicted molar refractivity (Wildman–Crippen MR) is 67.7 cm³/mol. The van der Waals surface area contributed by atoms with E-state index in [1.54, 1.807) is 6.08 Å². The average Bonchev–Trinajstić information content (AvgIpc) is 2.84. The fourth-order valence-corrected chi connectivity index (χ4v) is 2.15. The summed E-state index contributed by atoms with van der Waals surface area (Å²) in [4.78, 5) is 13.2. The molecule has 90 valence electrons. The Balaban J connectivity index is 2.07. The summed E-state index contributed by atoms with van der Waals surface area (Å²) >= 11 is 0. The van der Waals surface area contributed by atoms with Crippen molar-refractivity contribution in [1.29, 1.82) is 0 Å². The van der Waals surface area contributed by atoms with Crippen LogP contribution < -0.4 is 0 Å². The van der Waals surface area contributed by atoms with E-state index in [1.165, 1.54) is 0 Å². The Kier molecular flexibility index (Phi) is 3.94. The Morgan fingerprint density at radius 3 is 2.47 bits per heavy atom. The molecule has 1 N–H and O–H groups in total. The summed E-state index contributed by atoms with van der Waals surface area (Å²) < 4.78 is 0. The molecule has 3 heteroatoms. The molecule has 0 spiro atoms. The summed E-state index contributed by atoms with van der Waals surface area (Å²) in [5.41, 5.74) is 1.04. The fourth-order valence-electron chi connectivity index (χ4n) is 2.15. The van der Waals surface area contributed by atoms with E-state index in [0.29, 0.717) is 0 Å². The highest BCUT2D eigenvalue weighted by molar-refractivity contribution is 5.77. The number of rotatable bonds is 4. The second kappa shape index (κ2) is 5.64. The minimum absolute atomic E-state index is 0.488. The molecule has 2 rings (SSSR count). The van der Waals surface area contributed by atoms with Gasteiger partial charge in [0.2, 0.25) is 0 Å². The monoisotopic (exact) mass is 231 g/mol. The van der Waals surface area contributed by atoms with Crippen molar-refractivity contribution in [3.63, 3.8) is 0 Å². The number of carboxylic acid groups (broad SMARTS) is 1. The van der Waals surface area contributed by atoms with Gasteiger partial charge in [0, 0.05) is 0 Å². The van der Waals surface area contributed by atoms with E-state index >= 15 is 0 Å². The van der Waals surface area contributed by atoms with Crippen LogP contribution in [0.2, 0.25) is 0 Å². The summed E-state index contributed by atoms with van der Waals surface area (Å²) in [6.07, 6.45) is 5.87. The minimum atomic E-state index is -0.765. The first kappa shape index (κ1) is 11.9.